The van der Waals surface area contributed by atoms with Crippen molar-refractivity contribution in [3.63, 3.8) is 0 Å². The molecule has 0 radical (unpaired) electrons. The molecule has 1 aliphatic rings. The number of hydrogen-bond donors (Lipinski definition) is 1. The van der Waals surface area contributed by atoms with Crippen molar-refractivity contribution in [1.82, 2.24) is 9.88 Å². The first-order chi connectivity index (χ1) is 8.19. The Morgan fingerprint density at radius 1 is 1.53 bits per heavy atom. The van der Waals surface area contributed by atoms with E-state index in [0.29, 0.717) is 31.3 Å². The van der Waals surface area contributed by atoms with Crippen LogP contribution in [0.4, 0.5) is 4.79 Å². The van der Waals surface area contributed by atoms with Crippen molar-refractivity contribution in [3.05, 3.63) is 18.2 Å². The van der Waals surface area contributed by atoms with Gasteiger partial charge in [-0.1, -0.05) is 6.07 Å². The lowest BCUT2D eigenvalue weighted by Gasteiger charge is -2.14. The standard InChI is InChI=1S/C11H14N2O4/c1-16-9-3-2-4-10(12-9)17-8-5-6-13(7-8)11(14)15/h2-4,8H,5-7H2,1H3,(H,14,15)/t8-/m0/s1. The van der Waals surface area contributed by atoms with E-state index in [1.807, 2.05) is 0 Å². The van der Waals surface area contributed by atoms with Gasteiger partial charge in [0.2, 0.25) is 11.8 Å². The minimum absolute atomic E-state index is 0.134. The zero-order valence-corrected chi connectivity index (χ0v) is 9.50. The molecule has 2 heterocycles. The second-order valence-corrected chi connectivity index (χ2v) is 3.78. The van der Waals surface area contributed by atoms with E-state index in [-0.39, 0.29) is 6.10 Å². The molecule has 1 aromatic rings. The summed E-state index contributed by atoms with van der Waals surface area (Å²) in [6.45, 7) is 0.887. The van der Waals surface area contributed by atoms with Crippen LogP contribution in [0.25, 0.3) is 0 Å². The molecule has 0 spiro atoms. The molecular weight excluding hydrogens is 224 g/mol. The van der Waals surface area contributed by atoms with Gasteiger partial charge in [0.05, 0.1) is 13.7 Å². The summed E-state index contributed by atoms with van der Waals surface area (Å²) in [4.78, 5) is 16.2. The van der Waals surface area contributed by atoms with E-state index < -0.39 is 6.09 Å². The van der Waals surface area contributed by atoms with Gasteiger partial charge in [-0.2, -0.15) is 4.98 Å². The molecular formula is C11H14N2O4. The van der Waals surface area contributed by atoms with Gasteiger partial charge in [-0.15, -0.1) is 0 Å². The first-order valence-corrected chi connectivity index (χ1v) is 5.34. The molecule has 1 aliphatic heterocycles. The number of nitrogens with zero attached hydrogens (tertiary/aromatic N) is 2. The Morgan fingerprint density at radius 3 is 2.94 bits per heavy atom. The molecule has 1 saturated heterocycles. The number of methoxy groups -OCH3 is 1. The number of carboxylic acid groups (broad SMARTS) is 1. The Hall–Kier alpha value is -1.98. The summed E-state index contributed by atoms with van der Waals surface area (Å²) in [5.41, 5.74) is 0. The summed E-state index contributed by atoms with van der Waals surface area (Å²) in [5.74, 6) is 0.942. The van der Waals surface area contributed by atoms with Crippen LogP contribution in [0.1, 0.15) is 6.42 Å². The lowest BCUT2D eigenvalue weighted by Crippen LogP contribution is -2.29. The van der Waals surface area contributed by atoms with Gasteiger partial charge < -0.3 is 19.5 Å². The average Bonchev–Trinajstić information content (AvgIpc) is 2.78. The quantitative estimate of drug-likeness (QED) is 0.857. The van der Waals surface area contributed by atoms with E-state index in [1.165, 1.54) is 12.0 Å². The van der Waals surface area contributed by atoms with Crippen molar-refractivity contribution in [2.45, 2.75) is 12.5 Å². The highest BCUT2D eigenvalue weighted by molar-refractivity contribution is 5.65. The molecule has 0 saturated carbocycles. The first-order valence-electron chi connectivity index (χ1n) is 5.34. The molecule has 6 heteroatoms. The fourth-order valence-corrected chi connectivity index (χ4v) is 1.74. The van der Waals surface area contributed by atoms with Gasteiger partial charge in [0.1, 0.15) is 6.10 Å². The number of aromatic nitrogens is 1. The van der Waals surface area contributed by atoms with Crippen LogP contribution >= 0.6 is 0 Å². The molecule has 0 aliphatic carbocycles. The molecule has 1 aromatic heterocycles. The summed E-state index contributed by atoms with van der Waals surface area (Å²) >= 11 is 0. The highest BCUT2D eigenvalue weighted by atomic mass is 16.5. The number of amides is 1. The number of rotatable bonds is 3. The van der Waals surface area contributed by atoms with Crippen LogP contribution in [0.3, 0.4) is 0 Å². The second kappa shape index (κ2) is 4.90. The monoisotopic (exact) mass is 238 g/mol. The molecule has 17 heavy (non-hydrogen) atoms. The summed E-state index contributed by atoms with van der Waals surface area (Å²) < 4.78 is 10.6. The van der Waals surface area contributed by atoms with Crippen molar-refractivity contribution < 1.29 is 19.4 Å². The molecule has 1 amide bonds. The van der Waals surface area contributed by atoms with E-state index >= 15 is 0 Å². The third kappa shape index (κ3) is 2.77. The first kappa shape index (κ1) is 11.5. The third-order valence-corrected chi connectivity index (χ3v) is 2.61. The van der Waals surface area contributed by atoms with E-state index in [0.717, 1.165) is 0 Å². The van der Waals surface area contributed by atoms with Gasteiger partial charge in [-0.3, -0.25) is 0 Å². The van der Waals surface area contributed by atoms with E-state index in [4.69, 9.17) is 14.6 Å². The van der Waals surface area contributed by atoms with Crippen molar-refractivity contribution in [2.75, 3.05) is 20.2 Å². The van der Waals surface area contributed by atoms with Gasteiger partial charge in [-0.25, -0.2) is 4.79 Å². The zero-order valence-electron chi connectivity index (χ0n) is 9.50. The molecule has 6 nitrogen and oxygen atoms in total. The normalized spacial score (nSPS) is 19.1. The number of hydrogen-bond acceptors (Lipinski definition) is 4. The molecule has 92 valence electrons. The SMILES string of the molecule is COc1cccc(O[C@H]2CCN(C(=O)O)C2)n1. The maximum atomic E-state index is 10.7. The Balaban J connectivity index is 1.95. The van der Waals surface area contributed by atoms with Crippen molar-refractivity contribution in [2.24, 2.45) is 0 Å². The van der Waals surface area contributed by atoms with E-state index in [2.05, 4.69) is 4.98 Å². The fraction of sp³-hybridized carbons (Fsp3) is 0.455. The van der Waals surface area contributed by atoms with Crippen LogP contribution < -0.4 is 9.47 Å². The Kier molecular flexibility index (Phi) is 3.32. The highest BCUT2D eigenvalue weighted by Crippen LogP contribution is 2.18. The van der Waals surface area contributed by atoms with Crippen LogP contribution in [-0.2, 0) is 0 Å². The van der Waals surface area contributed by atoms with Gasteiger partial charge in [-0.05, 0) is 0 Å². The van der Waals surface area contributed by atoms with E-state index in [9.17, 15) is 4.79 Å². The smallest absolute Gasteiger partial charge is 0.407 e. The summed E-state index contributed by atoms with van der Waals surface area (Å²) in [6, 6.07) is 5.24. The second-order valence-electron chi connectivity index (χ2n) is 3.78. The maximum Gasteiger partial charge on any atom is 0.407 e. The lowest BCUT2D eigenvalue weighted by molar-refractivity contribution is 0.144. The minimum Gasteiger partial charge on any atom is -0.481 e. The highest BCUT2D eigenvalue weighted by Gasteiger charge is 2.27. The molecule has 1 atom stereocenters. The topological polar surface area (TPSA) is 71.9 Å². The molecule has 0 aromatic carbocycles. The fourth-order valence-electron chi connectivity index (χ4n) is 1.74. The summed E-state index contributed by atoms with van der Waals surface area (Å²) in [6.07, 6.45) is -0.356. The number of carbonyl (C=O) groups is 1. The minimum atomic E-state index is -0.908. The Labute approximate surface area is 98.8 Å². The third-order valence-electron chi connectivity index (χ3n) is 2.61. The average molecular weight is 238 g/mol. The van der Waals surface area contributed by atoms with Crippen LogP contribution in [0, 0.1) is 0 Å². The van der Waals surface area contributed by atoms with Gasteiger partial charge in [0.25, 0.3) is 0 Å². The Bertz CT molecular complexity index is 410. The van der Waals surface area contributed by atoms with Crippen LogP contribution in [-0.4, -0.2) is 47.4 Å². The molecule has 1 N–H and O–H groups in total. The molecule has 0 bridgehead atoms. The van der Waals surface area contributed by atoms with Gasteiger partial charge >= 0.3 is 6.09 Å². The predicted molar refractivity (Wildman–Crippen MR) is 59.4 cm³/mol. The van der Waals surface area contributed by atoms with Crippen LogP contribution in [0.5, 0.6) is 11.8 Å². The summed E-state index contributed by atoms with van der Waals surface area (Å²) in [5, 5.41) is 8.81. The number of likely N-dealkylation sites (tertiary alicyclic amines) is 1. The van der Waals surface area contributed by atoms with Crippen LogP contribution in [0.2, 0.25) is 0 Å². The Morgan fingerprint density at radius 2 is 2.29 bits per heavy atom. The summed E-state index contributed by atoms with van der Waals surface area (Å²) in [7, 11) is 1.54. The number of ether oxygens (including phenoxy) is 2. The predicted octanol–water partition coefficient (Wildman–Crippen LogP) is 1.22. The van der Waals surface area contributed by atoms with Crippen molar-refractivity contribution in [3.8, 4) is 11.8 Å². The lowest BCUT2D eigenvalue weighted by atomic mass is 10.3. The van der Waals surface area contributed by atoms with Gasteiger partial charge in [0.15, 0.2) is 0 Å². The largest absolute Gasteiger partial charge is 0.481 e. The zero-order chi connectivity index (χ0) is 12.3. The molecule has 0 unspecified atom stereocenters. The van der Waals surface area contributed by atoms with Crippen molar-refractivity contribution >= 4 is 6.09 Å². The van der Waals surface area contributed by atoms with Crippen molar-refractivity contribution in [1.29, 1.82) is 0 Å². The molecule has 2 rings (SSSR count). The number of pyridine rings is 1. The molecule has 1 fully saturated rings. The van der Waals surface area contributed by atoms with Gasteiger partial charge in [0, 0.05) is 25.1 Å². The van der Waals surface area contributed by atoms with Crippen LogP contribution in [0.15, 0.2) is 18.2 Å². The van der Waals surface area contributed by atoms with E-state index in [1.54, 1.807) is 18.2 Å². The maximum absolute atomic E-state index is 10.7.